The van der Waals surface area contributed by atoms with Crippen LogP contribution in [0.3, 0.4) is 0 Å². The van der Waals surface area contributed by atoms with Gasteiger partial charge in [0.15, 0.2) is 0 Å². The number of allylic oxidation sites excluding steroid dienone is 2. The van der Waals surface area contributed by atoms with Crippen molar-refractivity contribution in [1.29, 1.82) is 0 Å². The molecule has 0 radical (unpaired) electrons. The maximum Gasteiger partial charge on any atom is 0.335 e. The number of carboxylic acid groups (broad SMARTS) is 1. The zero-order valence-electron chi connectivity index (χ0n) is 18.6. The average Bonchev–Trinajstić information content (AvgIpc) is 2.78. The molecule has 0 amide bonds. The topological polar surface area (TPSA) is 37.3 Å². The number of hydrogen-bond donors (Lipinski definition) is 1. The van der Waals surface area contributed by atoms with E-state index >= 15 is 0 Å². The smallest absolute Gasteiger partial charge is 0.335 e. The van der Waals surface area contributed by atoms with E-state index in [-0.39, 0.29) is 5.41 Å². The van der Waals surface area contributed by atoms with Gasteiger partial charge in [0.1, 0.15) is 0 Å². The lowest BCUT2D eigenvalue weighted by atomic mass is 9.73. The van der Waals surface area contributed by atoms with E-state index in [2.05, 4.69) is 87.2 Å². The van der Waals surface area contributed by atoms with Gasteiger partial charge in [-0.1, -0.05) is 85.9 Å². The summed E-state index contributed by atoms with van der Waals surface area (Å²) in [5, 5.41) is 9.06. The second-order valence-electron chi connectivity index (χ2n) is 8.89. The number of aryl methyl sites for hydroxylation is 1. The summed E-state index contributed by atoms with van der Waals surface area (Å²) < 4.78 is 0. The summed E-state index contributed by atoms with van der Waals surface area (Å²) in [6, 6.07) is 21.7. The highest BCUT2D eigenvalue weighted by molar-refractivity contribution is 5.88. The van der Waals surface area contributed by atoms with Crippen LogP contribution in [0, 0.1) is 18.8 Å². The van der Waals surface area contributed by atoms with Crippen molar-refractivity contribution in [2.45, 2.75) is 32.6 Å². The van der Waals surface area contributed by atoms with E-state index in [1.165, 1.54) is 16.7 Å². The van der Waals surface area contributed by atoms with Gasteiger partial charge in [0.2, 0.25) is 0 Å². The van der Waals surface area contributed by atoms with Crippen molar-refractivity contribution >= 4 is 23.7 Å². The fourth-order valence-corrected chi connectivity index (χ4v) is 3.88. The Morgan fingerprint density at radius 2 is 1.56 bits per heavy atom. The van der Waals surface area contributed by atoms with Gasteiger partial charge in [-0.2, -0.15) is 0 Å². The maximum absolute atomic E-state index is 11.0. The largest absolute Gasteiger partial charge is 0.478 e. The average molecular weight is 419 g/mol. The number of hydrogen-bond acceptors (Lipinski definition) is 1. The van der Waals surface area contributed by atoms with Gasteiger partial charge in [-0.3, -0.25) is 0 Å². The molecule has 0 atom stereocenters. The Morgan fingerprint density at radius 1 is 0.906 bits per heavy atom. The summed E-state index contributed by atoms with van der Waals surface area (Å²) in [6.45, 7) is 6.62. The first-order chi connectivity index (χ1) is 15.3. The fourth-order valence-electron chi connectivity index (χ4n) is 3.88. The third kappa shape index (κ3) is 4.74. The van der Waals surface area contributed by atoms with Crippen LogP contribution in [-0.2, 0) is 5.41 Å². The first-order valence-corrected chi connectivity index (χ1v) is 10.8. The van der Waals surface area contributed by atoms with E-state index in [0.29, 0.717) is 5.56 Å². The van der Waals surface area contributed by atoms with Crippen LogP contribution in [0.25, 0.3) is 17.7 Å². The summed E-state index contributed by atoms with van der Waals surface area (Å²) in [4.78, 5) is 11.0. The van der Waals surface area contributed by atoms with Gasteiger partial charge < -0.3 is 5.11 Å². The van der Waals surface area contributed by atoms with Crippen molar-refractivity contribution in [2.24, 2.45) is 0 Å². The number of rotatable bonds is 3. The molecule has 32 heavy (non-hydrogen) atoms. The molecule has 2 heteroatoms. The van der Waals surface area contributed by atoms with Gasteiger partial charge in [0.25, 0.3) is 0 Å². The molecule has 0 aliphatic heterocycles. The molecule has 0 saturated carbocycles. The van der Waals surface area contributed by atoms with E-state index in [4.69, 9.17) is 5.11 Å². The Labute approximate surface area is 189 Å². The Hall–Kier alpha value is -3.83. The van der Waals surface area contributed by atoms with Crippen molar-refractivity contribution in [2.75, 3.05) is 0 Å². The van der Waals surface area contributed by atoms with Gasteiger partial charge in [-0.25, -0.2) is 4.79 Å². The zero-order chi connectivity index (χ0) is 22.7. The second-order valence-corrected chi connectivity index (χ2v) is 8.89. The minimum Gasteiger partial charge on any atom is -0.478 e. The quantitative estimate of drug-likeness (QED) is 0.368. The molecule has 0 spiro atoms. The van der Waals surface area contributed by atoms with Gasteiger partial charge in [0, 0.05) is 11.1 Å². The third-order valence-corrected chi connectivity index (χ3v) is 5.90. The first kappa shape index (κ1) is 21.4. The van der Waals surface area contributed by atoms with Crippen molar-refractivity contribution in [3.63, 3.8) is 0 Å². The Kier molecular flexibility index (Phi) is 5.84. The van der Waals surface area contributed by atoms with Crippen LogP contribution in [-0.4, -0.2) is 11.1 Å². The molecule has 1 aliphatic rings. The highest BCUT2D eigenvalue weighted by Gasteiger charge is 2.27. The van der Waals surface area contributed by atoms with Gasteiger partial charge in [0.05, 0.1) is 5.56 Å². The van der Waals surface area contributed by atoms with Crippen LogP contribution < -0.4 is 0 Å². The first-order valence-electron chi connectivity index (χ1n) is 10.8. The van der Waals surface area contributed by atoms with Crippen LogP contribution in [0.5, 0.6) is 0 Å². The standard InChI is InChI=1S/C30H26O2/c1-21-4-6-22(7-5-21)10-14-25-18-19-30(2,3)28-17-13-24(20-27(25)28)9-8-23-11-15-26(16-12-23)29(31)32/h4-9,11-13,15-18,20H,19H2,1-3H3,(H,31,32). The third-order valence-electron chi connectivity index (χ3n) is 5.90. The van der Waals surface area contributed by atoms with Gasteiger partial charge in [-0.05, 0) is 71.3 Å². The minimum absolute atomic E-state index is 0.0687. The summed E-state index contributed by atoms with van der Waals surface area (Å²) in [5.74, 6) is 5.80. The van der Waals surface area contributed by atoms with Crippen LogP contribution in [0.1, 0.15) is 64.0 Å². The molecule has 1 aliphatic carbocycles. The predicted octanol–water partition coefficient (Wildman–Crippen LogP) is 6.98. The Bertz CT molecular complexity index is 1280. The molecule has 3 aromatic rings. The van der Waals surface area contributed by atoms with Crippen LogP contribution in [0.2, 0.25) is 0 Å². The van der Waals surface area contributed by atoms with Gasteiger partial charge in [-0.15, -0.1) is 0 Å². The molecular formula is C30H26O2. The summed E-state index contributed by atoms with van der Waals surface area (Å²) in [7, 11) is 0. The molecule has 158 valence electrons. The molecule has 3 aromatic carbocycles. The highest BCUT2D eigenvalue weighted by atomic mass is 16.4. The van der Waals surface area contributed by atoms with E-state index in [1.54, 1.807) is 12.1 Å². The normalized spacial score (nSPS) is 14.3. The number of carbonyl (C=O) groups is 1. The molecule has 0 fully saturated rings. The molecule has 4 rings (SSSR count). The predicted molar refractivity (Wildman–Crippen MR) is 132 cm³/mol. The zero-order valence-corrected chi connectivity index (χ0v) is 18.6. The molecule has 1 N–H and O–H groups in total. The van der Waals surface area contributed by atoms with E-state index in [1.807, 2.05) is 18.2 Å². The van der Waals surface area contributed by atoms with Gasteiger partial charge >= 0.3 is 5.97 Å². The van der Waals surface area contributed by atoms with Crippen molar-refractivity contribution in [1.82, 2.24) is 0 Å². The monoisotopic (exact) mass is 418 g/mol. The van der Waals surface area contributed by atoms with Crippen LogP contribution >= 0.6 is 0 Å². The van der Waals surface area contributed by atoms with Crippen LogP contribution in [0.4, 0.5) is 0 Å². The molecule has 0 bridgehead atoms. The minimum atomic E-state index is -0.913. The summed E-state index contributed by atoms with van der Waals surface area (Å²) in [5.41, 5.74) is 8.23. The maximum atomic E-state index is 11.0. The number of carboxylic acids is 1. The Morgan fingerprint density at radius 3 is 2.25 bits per heavy atom. The number of benzene rings is 3. The Balaban J connectivity index is 1.65. The van der Waals surface area contributed by atoms with E-state index < -0.39 is 5.97 Å². The van der Waals surface area contributed by atoms with Crippen LogP contribution in [0.15, 0.2) is 72.8 Å². The second kappa shape index (κ2) is 8.73. The lowest BCUT2D eigenvalue weighted by Crippen LogP contribution is -2.21. The van der Waals surface area contributed by atoms with Crippen molar-refractivity contribution in [3.8, 4) is 11.8 Å². The highest BCUT2D eigenvalue weighted by Crippen LogP contribution is 2.39. The van der Waals surface area contributed by atoms with Crippen molar-refractivity contribution in [3.05, 3.63) is 112 Å². The molecule has 2 nitrogen and oxygen atoms in total. The summed E-state index contributed by atoms with van der Waals surface area (Å²) in [6.07, 6.45) is 7.27. The number of fused-ring (bicyclic) bond motifs is 1. The molecule has 0 heterocycles. The van der Waals surface area contributed by atoms with Crippen molar-refractivity contribution < 1.29 is 9.90 Å². The van der Waals surface area contributed by atoms with E-state index in [0.717, 1.165) is 28.7 Å². The SMILES string of the molecule is Cc1ccc(C#CC2=CCC(C)(C)c3ccc(C=Cc4ccc(C(=O)O)cc4)cc32)cc1. The lowest BCUT2D eigenvalue weighted by Gasteiger charge is -2.31. The lowest BCUT2D eigenvalue weighted by molar-refractivity contribution is 0.0697. The molecule has 0 unspecified atom stereocenters. The molecule has 0 aromatic heterocycles. The summed E-state index contributed by atoms with van der Waals surface area (Å²) >= 11 is 0. The molecule has 0 saturated heterocycles. The fraction of sp³-hybridized carbons (Fsp3) is 0.167. The van der Waals surface area contributed by atoms with E-state index in [9.17, 15) is 4.79 Å². The number of aromatic carboxylic acids is 1. The molecular weight excluding hydrogens is 392 g/mol.